The number of nitrogens with one attached hydrogen (secondary N) is 8. The molecule has 0 radical (unpaired) electrons. The molecule has 29 heteroatoms. The van der Waals surface area contributed by atoms with Crippen molar-refractivity contribution in [2.45, 2.75) is 44.6 Å². The maximum atomic E-state index is 13.3. The topological polar surface area (TPSA) is 390 Å². The number of imidazole rings is 3. The molecule has 13 N–H and O–H groups in total. The SMILES string of the molecule is Cn1cc(NC(=O)c2cc(NC(=O)c3cc(NC(=O)CCCNC(=O)c4nc(NC(=O)c5nc(NC(=O)c6nc(NC(=O)[C@@H](N)CCCCN)cn6C)cn5C)cn4C)cn3C)cn2C)cc1C(=O)NCCC(=O)O. The molecule has 6 aromatic heterocycles. The van der Waals surface area contributed by atoms with Crippen LogP contribution in [-0.2, 0) is 56.7 Å². The van der Waals surface area contributed by atoms with E-state index in [0.717, 1.165) is 6.42 Å². The lowest BCUT2D eigenvalue weighted by molar-refractivity contribution is -0.136. The molecule has 0 aliphatic carbocycles. The third-order valence-corrected chi connectivity index (χ3v) is 11.3. The second-order valence-corrected chi connectivity index (χ2v) is 17.4. The number of carbonyl (C=O) groups is 9. The van der Waals surface area contributed by atoms with E-state index in [1.807, 2.05) is 0 Å². The third kappa shape index (κ3) is 14.4. The van der Waals surface area contributed by atoms with Crippen molar-refractivity contribution in [3.8, 4) is 0 Å². The van der Waals surface area contributed by atoms with Crippen molar-refractivity contribution in [3.63, 3.8) is 0 Å². The number of hydrogen-bond acceptors (Lipinski definition) is 14. The predicted molar refractivity (Wildman–Crippen MR) is 272 cm³/mol. The number of rotatable bonds is 24. The lowest BCUT2D eigenvalue weighted by Gasteiger charge is -2.10. The van der Waals surface area contributed by atoms with Crippen LogP contribution in [0, 0.1) is 0 Å². The Balaban J connectivity index is 0.929. The van der Waals surface area contributed by atoms with Crippen LogP contribution in [0.1, 0.15) is 102 Å². The van der Waals surface area contributed by atoms with Crippen LogP contribution in [0.4, 0.5) is 34.5 Å². The van der Waals surface area contributed by atoms with Gasteiger partial charge in [-0.2, -0.15) is 0 Å². The number of amides is 8. The molecule has 0 unspecified atom stereocenters. The van der Waals surface area contributed by atoms with Gasteiger partial charge >= 0.3 is 5.97 Å². The van der Waals surface area contributed by atoms with Crippen LogP contribution in [0.2, 0.25) is 0 Å². The number of nitrogens with zero attached hydrogens (tertiary/aromatic N) is 9. The minimum atomic E-state index is -1.05. The van der Waals surface area contributed by atoms with E-state index in [9.17, 15) is 43.2 Å². The first-order chi connectivity index (χ1) is 35.6. The van der Waals surface area contributed by atoms with Crippen molar-refractivity contribution in [2.24, 2.45) is 53.8 Å². The molecule has 1 atom stereocenters. The number of nitrogens with two attached hydrogens (primary N) is 2. The fourth-order valence-electron chi connectivity index (χ4n) is 7.51. The number of carbonyl (C=O) groups excluding carboxylic acids is 8. The van der Waals surface area contributed by atoms with E-state index in [-0.39, 0.29) is 90.3 Å². The standard InChI is InChI=1S/C46H59N19O10/c1-60-20-26(17-29(60)41(70)50-15-12-36(67)68)52-43(72)31-18-27(21-62(31)3)53-42(71)30-16-25(19-61(30)2)51-35(66)11-9-14-49-44(73)37-54-33(23-63(37)4)58-46(75)39-56-34(24-65(39)6)59-45(74)38-55-32(22-64(38)5)57-40(69)28(48)10-7-8-13-47/h16-24,28H,7-15,47-48H2,1-6H3,(H,49,73)(H,50,70)(H,51,66)(H,52,72)(H,53,71)(H,57,69)(H,58,75)(H,59,74)(H,67,68)/t28-/m0/s1. The molecule has 0 spiro atoms. The Labute approximate surface area is 427 Å². The summed E-state index contributed by atoms with van der Waals surface area (Å²) in [7, 11) is 9.49. The molecule has 29 nitrogen and oxygen atoms in total. The molecule has 0 aliphatic rings. The van der Waals surface area contributed by atoms with Crippen molar-refractivity contribution in [3.05, 3.63) is 89.9 Å². The van der Waals surface area contributed by atoms with Gasteiger partial charge in [0.2, 0.25) is 29.3 Å². The summed E-state index contributed by atoms with van der Waals surface area (Å²) in [6.07, 6.45) is 10.8. The predicted octanol–water partition coefficient (Wildman–Crippen LogP) is 0.660. The van der Waals surface area contributed by atoms with Crippen LogP contribution >= 0.6 is 0 Å². The first-order valence-electron chi connectivity index (χ1n) is 23.3. The lowest BCUT2D eigenvalue weighted by Crippen LogP contribution is -2.35. The summed E-state index contributed by atoms with van der Waals surface area (Å²) >= 11 is 0. The summed E-state index contributed by atoms with van der Waals surface area (Å²) in [5.74, 6) is -5.37. The number of hydrogen-bond donors (Lipinski definition) is 11. The molecule has 0 bridgehead atoms. The van der Waals surface area contributed by atoms with E-state index >= 15 is 0 Å². The van der Waals surface area contributed by atoms with Gasteiger partial charge in [0.25, 0.3) is 35.4 Å². The second kappa shape index (κ2) is 24.4. The van der Waals surface area contributed by atoms with Crippen molar-refractivity contribution in [2.75, 3.05) is 51.5 Å². The molecule has 0 aliphatic heterocycles. The first kappa shape index (κ1) is 54.9. The van der Waals surface area contributed by atoms with Crippen molar-refractivity contribution >= 4 is 87.7 Å². The molecule has 6 aromatic rings. The normalized spacial score (nSPS) is 11.4. The number of aromatic nitrogens is 9. The molecule has 75 heavy (non-hydrogen) atoms. The monoisotopic (exact) mass is 1040 g/mol. The fourth-order valence-corrected chi connectivity index (χ4v) is 7.51. The van der Waals surface area contributed by atoms with Gasteiger partial charge in [0.1, 0.15) is 17.1 Å². The minimum Gasteiger partial charge on any atom is -0.481 e. The Morgan fingerprint density at radius 2 is 0.920 bits per heavy atom. The van der Waals surface area contributed by atoms with Crippen molar-refractivity contribution < 1.29 is 48.3 Å². The number of aliphatic carboxylic acids is 1. The summed E-state index contributed by atoms with van der Waals surface area (Å²) in [6.45, 7) is 0.529. The largest absolute Gasteiger partial charge is 0.481 e. The maximum absolute atomic E-state index is 13.3. The third-order valence-electron chi connectivity index (χ3n) is 11.3. The zero-order valence-electron chi connectivity index (χ0n) is 41.9. The summed E-state index contributed by atoms with van der Waals surface area (Å²) in [5, 5.41) is 30.0. The lowest BCUT2D eigenvalue weighted by atomic mass is 10.1. The molecule has 8 amide bonds. The molecule has 398 valence electrons. The van der Waals surface area contributed by atoms with Gasteiger partial charge in [0, 0.05) is 99.0 Å². The molecular weight excluding hydrogens is 979 g/mol. The molecule has 0 aromatic carbocycles. The van der Waals surface area contributed by atoms with Gasteiger partial charge in [-0.3, -0.25) is 43.2 Å². The van der Waals surface area contributed by atoms with Gasteiger partial charge in [0.15, 0.2) is 17.5 Å². The van der Waals surface area contributed by atoms with E-state index in [4.69, 9.17) is 16.6 Å². The second-order valence-electron chi connectivity index (χ2n) is 17.4. The summed E-state index contributed by atoms with van der Waals surface area (Å²) in [5.41, 5.74) is 13.0. The quantitative estimate of drug-likeness (QED) is 0.0371. The van der Waals surface area contributed by atoms with E-state index in [1.165, 1.54) is 83.6 Å². The average Bonchev–Trinajstić information content (AvgIpc) is 4.21. The summed E-state index contributed by atoms with van der Waals surface area (Å²) in [4.78, 5) is 127. The van der Waals surface area contributed by atoms with E-state index in [0.29, 0.717) is 36.4 Å². The Bertz CT molecular complexity index is 3150. The zero-order chi connectivity index (χ0) is 54.7. The molecule has 6 heterocycles. The number of anilines is 6. The van der Waals surface area contributed by atoms with Gasteiger partial charge in [-0.25, -0.2) is 15.0 Å². The molecule has 0 saturated heterocycles. The smallest absolute Gasteiger partial charge is 0.305 e. The summed E-state index contributed by atoms with van der Waals surface area (Å²) in [6, 6.07) is 3.62. The summed E-state index contributed by atoms with van der Waals surface area (Å²) < 4.78 is 8.69. The average molecular weight is 1040 g/mol. The van der Waals surface area contributed by atoms with Gasteiger partial charge in [-0.05, 0) is 44.0 Å². The minimum absolute atomic E-state index is 0.0101. The molecule has 0 fully saturated rings. The number of carboxylic acids is 1. The molecule has 6 rings (SSSR count). The van der Waals surface area contributed by atoms with Gasteiger partial charge in [0.05, 0.1) is 29.5 Å². The Morgan fingerprint density at radius 1 is 0.493 bits per heavy atom. The van der Waals surface area contributed by atoms with E-state index < -0.39 is 53.4 Å². The number of unbranched alkanes of at least 4 members (excludes halogenated alkanes) is 1. The highest BCUT2D eigenvalue weighted by Gasteiger charge is 2.24. The molecule has 0 saturated carbocycles. The van der Waals surface area contributed by atoms with Crippen LogP contribution in [0.15, 0.2) is 55.4 Å². The van der Waals surface area contributed by atoms with E-state index in [1.54, 1.807) is 41.4 Å². The van der Waals surface area contributed by atoms with Gasteiger partial charge in [-0.1, -0.05) is 6.42 Å². The van der Waals surface area contributed by atoms with Crippen molar-refractivity contribution in [1.29, 1.82) is 0 Å². The van der Waals surface area contributed by atoms with Crippen LogP contribution in [0.25, 0.3) is 0 Å². The maximum Gasteiger partial charge on any atom is 0.305 e. The fraction of sp³-hybridized carbons (Fsp3) is 0.348. The van der Waals surface area contributed by atoms with Crippen LogP contribution in [0.5, 0.6) is 0 Å². The van der Waals surface area contributed by atoms with E-state index in [2.05, 4.69) is 57.5 Å². The first-order valence-corrected chi connectivity index (χ1v) is 23.3. The Hall–Kier alpha value is -9.38. The van der Waals surface area contributed by atoms with Gasteiger partial charge in [-0.15, -0.1) is 0 Å². The zero-order valence-corrected chi connectivity index (χ0v) is 41.9. The molecular formula is C46H59N19O10. The highest BCUT2D eigenvalue weighted by atomic mass is 16.4. The van der Waals surface area contributed by atoms with Crippen LogP contribution < -0.4 is 54.0 Å². The number of carboxylic acid groups (broad SMARTS) is 1. The Morgan fingerprint density at radius 3 is 1.39 bits per heavy atom. The van der Waals surface area contributed by atoms with Crippen LogP contribution in [-0.4, -0.2) is 126 Å². The van der Waals surface area contributed by atoms with Gasteiger partial charge < -0.3 is 86.5 Å². The van der Waals surface area contributed by atoms with Crippen molar-refractivity contribution in [1.82, 2.24) is 53.0 Å². The number of aryl methyl sites for hydroxylation is 6. The van der Waals surface area contributed by atoms with Crippen LogP contribution in [0.3, 0.4) is 0 Å². The highest BCUT2D eigenvalue weighted by Crippen LogP contribution is 2.21. The Kier molecular flexibility index (Phi) is 17.8. The highest BCUT2D eigenvalue weighted by molar-refractivity contribution is 6.08.